The van der Waals surface area contributed by atoms with Crippen LogP contribution in [0.15, 0.2) is 83.4 Å². The summed E-state index contributed by atoms with van der Waals surface area (Å²) in [6, 6.07) is 21.5. The molecular weight excluding hydrogens is 474 g/mol. The summed E-state index contributed by atoms with van der Waals surface area (Å²) in [4.78, 5) is 28.1. The van der Waals surface area contributed by atoms with Gasteiger partial charge in [-0.3, -0.25) is 9.59 Å². The first-order valence-corrected chi connectivity index (χ1v) is 12.6. The fraction of sp³-hybridized carbons (Fsp3) is 0.214. The van der Waals surface area contributed by atoms with E-state index in [-0.39, 0.29) is 12.3 Å². The first-order valence-electron chi connectivity index (χ1n) is 11.6. The molecule has 5 N–H and O–H groups in total. The monoisotopic (exact) mass is 503 g/mol. The maximum Gasteiger partial charge on any atom is 0.265 e. The standard InChI is InChI=1S/C28H29N3O4S/c1-18-22(12-7-13-25(18)32)28(35)30-23(17-36-21-10-3-2-4-11-21)26(33)16-31-15-20-9-6-5-8-19(20)14-24(31)27(29)34/h2-14,23,26,32-33H,15-17H2,1H3,(H2,29,34)(H,30,35). The van der Waals surface area contributed by atoms with Crippen LogP contribution in [-0.4, -0.2) is 51.4 Å². The number of amides is 2. The van der Waals surface area contributed by atoms with Crippen LogP contribution < -0.4 is 11.1 Å². The summed E-state index contributed by atoms with van der Waals surface area (Å²) in [7, 11) is 0. The third-order valence-electron chi connectivity index (χ3n) is 6.21. The lowest BCUT2D eigenvalue weighted by molar-refractivity contribution is -0.116. The number of hydrogen-bond acceptors (Lipinski definition) is 6. The van der Waals surface area contributed by atoms with Gasteiger partial charge in [0.1, 0.15) is 11.4 Å². The summed E-state index contributed by atoms with van der Waals surface area (Å²) in [5.41, 5.74) is 8.71. The van der Waals surface area contributed by atoms with Crippen molar-refractivity contribution in [3.05, 3.63) is 101 Å². The quantitative estimate of drug-likeness (QED) is 0.333. The van der Waals surface area contributed by atoms with Gasteiger partial charge in [0.15, 0.2) is 0 Å². The zero-order valence-corrected chi connectivity index (χ0v) is 20.7. The average Bonchev–Trinajstić information content (AvgIpc) is 2.88. The largest absolute Gasteiger partial charge is 0.508 e. The van der Waals surface area contributed by atoms with Gasteiger partial charge in [0.05, 0.1) is 12.1 Å². The molecule has 0 saturated heterocycles. The molecule has 7 nitrogen and oxygen atoms in total. The first-order chi connectivity index (χ1) is 17.3. The molecule has 0 bridgehead atoms. The van der Waals surface area contributed by atoms with Gasteiger partial charge in [0.2, 0.25) is 0 Å². The van der Waals surface area contributed by atoms with Crippen LogP contribution in [-0.2, 0) is 11.3 Å². The number of hydrogen-bond donors (Lipinski definition) is 4. The Hall–Kier alpha value is -3.75. The van der Waals surface area contributed by atoms with E-state index in [1.807, 2.05) is 54.6 Å². The highest BCUT2D eigenvalue weighted by atomic mass is 32.2. The van der Waals surface area contributed by atoms with Crippen molar-refractivity contribution in [3.8, 4) is 5.75 Å². The highest BCUT2D eigenvalue weighted by molar-refractivity contribution is 7.99. The molecule has 2 unspecified atom stereocenters. The number of phenols is 1. The molecule has 0 aliphatic carbocycles. The minimum absolute atomic E-state index is 0.0293. The SMILES string of the molecule is Cc1c(O)cccc1C(=O)NC(CSc1ccccc1)C(O)CN1Cc2ccccc2C=C1C(N)=O. The molecular formula is C28H29N3O4S. The van der Waals surface area contributed by atoms with E-state index < -0.39 is 24.0 Å². The molecule has 0 saturated carbocycles. The second-order valence-electron chi connectivity index (χ2n) is 8.69. The third kappa shape index (κ3) is 5.90. The van der Waals surface area contributed by atoms with Gasteiger partial charge in [-0.2, -0.15) is 0 Å². The van der Waals surface area contributed by atoms with Gasteiger partial charge in [-0.05, 0) is 48.4 Å². The van der Waals surface area contributed by atoms with Gasteiger partial charge >= 0.3 is 0 Å². The lowest BCUT2D eigenvalue weighted by atomic mass is 10.00. The summed E-state index contributed by atoms with van der Waals surface area (Å²) >= 11 is 1.51. The summed E-state index contributed by atoms with van der Waals surface area (Å²) in [6.45, 7) is 2.19. The number of nitrogens with zero attached hydrogens (tertiary/aromatic N) is 1. The topological polar surface area (TPSA) is 116 Å². The number of fused-ring (bicyclic) bond motifs is 1. The van der Waals surface area contributed by atoms with Crippen LogP contribution in [0.3, 0.4) is 0 Å². The van der Waals surface area contributed by atoms with E-state index in [1.54, 1.807) is 30.0 Å². The van der Waals surface area contributed by atoms with E-state index in [4.69, 9.17) is 5.73 Å². The van der Waals surface area contributed by atoms with Crippen molar-refractivity contribution in [2.45, 2.75) is 30.5 Å². The Bertz CT molecular complexity index is 1280. The minimum Gasteiger partial charge on any atom is -0.508 e. The molecule has 8 heteroatoms. The Morgan fingerprint density at radius 1 is 1.06 bits per heavy atom. The Kier molecular flexibility index (Phi) is 7.97. The maximum atomic E-state index is 13.1. The van der Waals surface area contributed by atoms with Crippen molar-refractivity contribution in [2.24, 2.45) is 5.73 Å². The highest BCUT2D eigenvalue weighted by Crippen LogP contribution is 2.26. The predicted molar refractivity (Wildman–Crippen MR) is 141 cm³/mol. The molecule has 2 amide bonds. The predicted octanol–water partition coefficient (Wildman–Crippen LogP) is 3.29. The molecule has 0 fully saturated rings. The number of carbonyl (C=O) groups is 2. The number of nitrogens with one attached hydrogen (secondary N) is 1. The van der Waals surface area contributed by atoms with Crippen molar-refractivity contribution >= 4 is 29.7 Å². The Balaban J connectivity index is 1.55. The van der Waals surface area contributed by atoms with Crippen LogP contribution in [0.2, 0.25) is 0 Å². The number of nitrogens with two attached hydrogens (primary N) is 1. The van der Waals surface area contributed by atoms with Gasteiger partial charge in [-0.15, -0.1) is 11.8 Å². The molecule has 0 spiro atoms. The number of primary amides is 1. The van der Waals surface area contributed by atoms with E-state index in [1.165, 1.54) is 17.8 Å². The minimum atomic E-state index is -1.00. The molecule has 1 heterocycles. The van der Waals surface area contributed by atoms with E-state index in [9.17, 15) is 19.8 Å². The lowest BCUT2D eigenvalue weighted by Crippen LogP contribution is -2.50. The van der Waals surface area contributed by atoms with E-state index >= 15 is 0 Å². The number of aliphatic hydroxyl groups is 1. The van der Waals surface area contributed by atoms with Gasteiger partial charge < -0.3 is 26.2 Å². The molecule has 3 aromatic carbocycles. The van der Waals surface area contributed by atoms with E-state index in [2.05, 4.69) is 5.32 Å². The number of aliphatic hydroxyl groups excluding tert-OH is 1. The fourth-order valence-electron chi connectivity index (χ4n) is 4.16. The lowest BCUT2D eigenvalue weighted by Gasteiger charge is -2.34. The van der Waals surface area contributed by atoms with Crippen LogP contribution in [0.1, 0.15) is 27.0 Å². The normalized spacial score (nSPS) is 14.4. The second-order valence-corrected chi connectivity index (χ2v) is 9.79. The molecule has 1 aliphatic heterocycles. The number of aromatic hydroxyl groups is 1. The summed E-state index contributed by atoms with van der Waals surface area (Å²) in [6.07, 6.45) is 0.729. The zero-order valence-electron chi connectivity index (χ0n) is 19.9. The summed E-state index contributed by atoms with van der Waals surface area (Å²) in [5, 5.41) is 24.3. The fourth-order valence-corrected chi connectivity index (χ4v) is 5.19. The molecule has 0 radical (unpaired) electrons. The van der Waals surface area contributed by atoms with Gasteiger partial charge in [0.25, 0.3) is 11.8 Å². The van der Waals surface area contributed by atoms with Crippen LogP contribution in [0.5, 0.6) is 5.75 Å². The third-order valence-corrected chi connectivity index (χ3v) is 7.34. The van der Waals surface area contributed by atoms with Crippen molar-refractivity contribution in [1.82, 2.24) is 10.2 Å². The molecule has 1 aliphatic rings. The van der Waals surface area contributed by atoms with Crippen LogP contribution in [0.25, 0.3) is 6.08 Å². The van der Waals surface area contributed by atoms with Crippen molar-refractivity contribution in [1.29, 1.82) is 0 Å². The zero-order chi connectivity index (χ0) is 25.7. The summed E-state index contributed by atoms with van der Waals surface area (Å²) in [5.74, 6) is -0.543. The van der Waals surface area contributed by atoms with Crippen molar-refractivity contribution in [3.63, 3.8) is 0 Å². The molecule has 36 heavy (non-hydrogen) atoms. The van der Waals surface area contributed by atoms with E-state index in [0.717, 1.165) is 16.0 Å². The van der Waals surface area contributed by atoms with Crippen molar-refractivity contribution in [2.75, 3.05) is 12.3 Å². The number of phenolic OH excluding ortho intramolecular Hbond substituents is 1. The molecule has 3 aromatic rings. The molecule has 0 aromatic heterocycles. The van der Waals surface area contributed by atoms with Gasteiger partial charge in [0, 0.05) is 34.9 Å². The van der Waals surface area contributed by atoms with Crippen LogP contribution in [0.4, 0.5) is 0 Å². The summed E-state index contributed by atoms with van der Waals surface area (Å²) < 4.78 is 0. The number of β-amino-alcohol motifs (C(OH)–C–C–N with tert-alkyl or cyclic N) is 1. The van der Waals surface area contributed by atoms with Crippen molar-refractivity contribution < 1.29 is 19.8 Å². The molecule has 4 rings (SSSR count). The van der Waals surface area contributed by atoms with E-state index in [0.29, 0.717) is 29.1 Å². The number of thioether (sulfide) groups is 1. The second kappa shape index (κ2) is 11.3. The highest BCUT2D eigenvalue weighted by Gasteiger charge is 2.29. The Morgan fingerprint density at radius 3 is 2.53 bits per heavy atom. The number of rotatable bonds is 9. The van der Waals surface area contributed by atoms with Gasteiger partial charge in [-0.25, -0.2) is 0 Å². The maximum absolute atomic E-state index is 13.1. The Labute approximate surface area is 214 Å². The van der Waals surface area contributed by atoms with Crippen LogP contribution in [0, 0.1) is 6.92 Å². The molecule has 186 valence electrons. The first kappa shape index (κ1) is 25.3. The van der Waals surface area contributed by atoms with Gasteiger partial charge in [-0.1, -0.05) is 48.5 Å². The molecule has 2 atom stereocenters. The smallest absolute Gasteiger partial charge is 0.265 e. The van der Waals surface area contributed by atoms with Crippen LogP contribution >= 0.6 is 11.8 Å². The number of benzene rings is 3. The Morgan fingerprint density at radius 2 is 1.78 bits per heavy atom. The number of carbonyl (C=O) groups excluding carboxylic acids is 2. The average molecular weight is 504 g/mol.